The molecule has 1 aromatic rings. The highest BCUT2D eigenvalue weighted by molar-refractivity contribution is 5.96. The van der Waals surface area contributed by atoms with E-state index in [1.807, 2.05) is 19.1 Å². The molecule has 19 heavy (non-hydrogen) atoms. The smallest absolute Gasteiger partial charge is 0.325 e. The fraction of sp³-hybridized carbons (Fsp3) is 0.286. The van der Waals surface area contributed by atoms with Gasteiger partial charge in [-0.1, -0.05) is 23.6 Å². The summed E-state index contributed by atoms with van der Waals surface area (Å²) < 4.78 is 0. The first-order chi connectivity index (χ1) is 8.95. The number of amides is 2. The van der Waals surface area contributed by atoms with Crippen molar-refractivity contribution in [1.29, 1.82) is 0 Å². The minimum Gasteiger partial charge on any atom is -0.480 e. The lowest BCUT2D eigenvalue weighted by Gasteiger charge is -2.26. The lowest BCUT2D eigenvalue weighted by Crippen LogP contribution is -2.44. The Morgan fingerprint density at radius 2 is 1.89 bits per heavy atom. The van der Waals surface area contributed by atoms with Gasteiger partial charge in [0.15, 0.2) is 0 Å². The molecule has 0 aliphatic rings. The summed E-state index contributed by atoms with van der Waals surface area (Å²) in [6.07, 6.45) is 5.15. The molecule has 5 nitrogen and oxygen atoms in total. The van der Waals surface area contributed by atoms with Gasteiger partial charge in [0, 0.05) is 12.7 Å². The van der Waals surface area contributed by atoms with Crippen LogP contribution >= 0.6 is 0 Å². The molecular formula is C14H16N2O3. The molecule has 1 rings (SSSR count). The number of urea groups is 1. The number of carbonyl (C=O) groups is 2. The number of carboxylic acids is 1. The van der Waals surface area contributed by atoms with E-state index >= 15 is 0 Å². The zero-order valence-corrected chi connectivity index (χ0v) is 11.0. The maximum atomic E-state index is 12.1. The lowest BCUT2D eigenvalue weighted by molar-refractivity contribution is -0.135. The second-order valence-electron chi connectivity index (χ2n) is 4.16. The molecule has 1 aromatic carbocycles. The first kappa shape index (κ1) is 14.6. The van der Waals surface area contributed by atoms with E-state index in [-0.39, 0.29) is 6.54 Å². The van der Waals surface area contributed by atoms with Gasteiger partial charge in [0.25, 0.3) is 0 Å². The molecule has 0 aromatic heterocycles. The van der Waals surface area contributed by atoms with Gasteiger partial charge in [-0.15, -0.1) is 6.42 Å². The van der Waals surface area contributed by atoms with E-state index < -0.39 is 18.5 Å². The number of carbonyl (C=O) groups excluding carboxylic acids is 1. The van der Waals surface area contributed by atoms with E-state index in [2.05, 4.69) is 5.92 Å². The standard InChI is InChI=1S/C14H16N2O3/c1-4-9-15(3)14(19)16(10-13(17)18)12-7-5-11(2)6-8-12/h1,5-8H,9-10H2,2-3H3,(H,17,18). The van der Waals surface area contributed by atoms with Crippen LogP contribution in [0.15, 0.2) is 24.3 Å². The Labute approximate surface area is 112 Å². The van der Waals surface area contributed by atoms with Gasteiger partial charge in [0.1, 0.15) is 6.54 Å². The summed E-state index contributed by atoms with van der Waals surface area (Å²) in [6.45, 7) is 1.63. The molecular weight excluding hydrogens is 244 g/mol. The number of anilines is 1. The molecule has 0 bridgehead atoms. The molecule has 0 heterocycles. The molecule has 0 saturated carbocycles. The van der Waals surface area contributed by atoms with Gasteiger partial charge in [-0.3, -0.25) is 9.69 Å². The molecule has 0 atom stereocenters. The Hall–Kier alpha value is -2.48. The van der Waals surface area contributed by atoms with Crippen LogP contribution in [0.1, 0.15) is 5.56 Å². The molecule has 1 N–H and O–H groups in total. The normalized spacial score (nSPS) is 9.53. The van der Waals surface area contributed by atoms with E-state index in [1.165, 1.54) is 16.8 Å². The summed E-state index contributed by atoms with van der Waals surface area (Å²) in [6, 6.07) is 6.61. The molecule has 0 saturated heterocycles. The van der Waals surface area contributed by atoms with Crippen molar-refractivity contribution in [2.24, 2.45) is 0 Å². The zero-order valence-electron chi connectivity index (χ0n) is 11.0. The summed E-state index contributed by atoms with van der Waals surface area (Å²) >= 11 is 0. The van der Waals surface area contributed by atoms with E-state index in [9.17, 15) is 9.59 Å². The molecule has 2 amide bonds. The molecule has 100 valence electrons. The van der Waals surface area contributed by atoms with Crippen molar-refractivity contribution in [3.63, 3.8) is 0 Å². The van der Waals surface area contributed by atoms with Crippen molar-refractivity contribution in [1.82, 2.24) is 4.90 Å². The van der Waals surface area contributed by atoms with E-state index in [1.54, 1.807) is 12.1 Å². The molecule has 0 radical (unpaired) electrons. The molecule has 0 aliphatic carbocycles. The summed E-state index contributed by atoms with van der Waals surface area (Å²) in [5.74, 6) is 1.27. The highest BCUT2D eigenvalue weighted by Crippen LogP contribution is 2.16. The van der Waals surface area contributed by atoms with Gasteiger partial charge in [-0.25, -0.2) is 4.79 Å². The van der Waals surface area contributed by atoms with Crippen LogP contribution in [0.3, 0.4) is 0 Å². The number of rotatable bonds is 4. The predicted octanol–water partition coefficient (Wildman–Crippen LogP) is 1.57. The highest BCUT2D eigenvalue weighted by Gasteiger charge is 2.21. The van der Waals surface area contributed by atoms with Crippen molar-refractivity contribution in [2.75, 3.05) is 25.0 Å². The number of aliphatic carboxylic acids is 1. The summed E-state index contributed by atoms with van der Waals surface area (Å²) in [5, 5.41) is 8.91. The van der Waals surface area contributed by atoms with Crippen molar-refractivity contribution >= 4 is 17.7 Å². The maximum absolute atomic E-state index is 12.1. The number of hydrogen-bond donors (Lipinski definition) is 1. The van der Waals surface area contributed by atoms with Crippen molar-refractivity contribution in [3.8, 4) is 12.3 Å². The third kappa shape index (κ3) is 4.03. The van der Waals surface area contributed by atoms with Crippen molar-refractivity contribution in [2.45, 2.75) is 6.92 Å². The second kappa shape index (κ2) is 6.45. The van der Waals surface area contributed by atoms with E-state index in [4.69, 9.17) is 11.5 Å². The Balaban J connectivity index is 3.01. The Morgan fingerprint density at radius 3 is 2.37 bits per heavy atom. The fourth-order valence-corrected chi connectivity index (χ4v) is 1.54. The first-order valence-electron chi connectivity index (χ1n) is 5.70. The van der Waals surface area contributed by atoms with Crippen molar-refractivity contribution < 1.29 is 14.7 Å². The predicted molar refractivity (Wildman–Crippen MR) is 73.0 cm³/mol. The minimum atomic E-state index is -1.08. The third-order valence-electron chi connectivity index (χ3n) is 2.52. The fourth-order valence-electron chi connectivity index (χ4n) is 1.54. The Morgan fingerprint density at radius 1 is 1.32 bits per heavy atom. The molecule has 0 spiro atoms. The summed E-state index contributed by atoms with van der Waals surface area (Å²) in [7, 11) is 1.53. The number of terminal acetylenes is 1. The number of carboxylic acid groups (broad SMARTS) is 1. The third-order valence-corrected chi connectivity index (χ3v) is 2.52. The maximum Gasteiger partial charge on any atom is 0.325 e. The molecule has 0 fully saturated rings. The monoisotopic (exact) mass is 260 g/mol. The van der Waals surface area contributed by atoms with Gasteiger partial charge < -0.3 is 10.0 Å². The van der Waals surface area contributed by atoms with Crippen LogP contribution in [0.5, 0.6) is 0 Å². The largest absolute Gasteiger partial charge is 0.480 e. The van der Waals surface area contributed by atoms with Crippen LogP contribution in [0, 0.1) is 19.3 Å². The van der Waals surface area contributed by atoms with Gasteiger partial charge in [-0.05, 0) is 19.1 Å². The van der Waals surface area contributed by atoms with Crippen LogP contribution in [0.4, 0.5) is 10.5 Å². The van der Waals surface area contributed by atoms with Gasteiger partial charge in [0.2, 0.25) is 0 Å². The SMILES string of the molecule is C#CCN(C)C(=O)N(CC(=O)O)c1ccc(C)cc1. The first-order valence-corrected chi connectivity index (χ1v) is 5.70. The van der Waals surface area contributed by atoms with Gasteiger partial charge >= 0.3 is 12.0 Å². The lowest BCUT2D eigenvalue weighted by atomic mass is 10.2. The van der Waals surface area contributed by atoms with Crippen LogP contribution in [-0.2, 0) is 4.79 Å². The van der Waals surface area contributed by atoms with Gasteiger partial charge in [-0.2, -0.15) is 0 Å². The highest BCUT2D eigenvalue weighted by atomic mass is 16.4. The summed E-state index contributed by atoms with van der Waals surface area (Å²) in [4.78, 5) is 25.5. The average Bonchev–Trinajstić information content (AvgIpc) is 2.36. The van der Waals surface area contributed by atoms with Crippen LogP contribution < -0.4 is 4.90 Å². The van der Waals surface area contributed by atoms with Crippen LogP contribution in [0.25, 0.3) is 0 Å². The number of benzene rings is 1. The van der Waals surface area contributed by atoms with Crippen molar-refractivity contribution in [3.05, 3.63) is 29.8 Å². The van der Waals surface area contributed by atoms with Crippen LogP contribution in [0.2, 0.25) is 0 Å². The van der Waals surface area contributed by atoms with E-state index in [0.717, 1.165) is 5.56 Å². The molecule has 0 aliphatic heterocycles. The number of aryl methyl sites for hydroxylation is 1. The Kier molecular flexibility index (Phi) is 4.95. The van der Waals surface area contributed by atoms with Crippen LogP contribution in [-0.4, -0.2) is 42.1 Å². The molecule has 5 heteroatoms. The minimum absolute atomic E-state index is 0.126. The second-order valence-corrected chi connectivity index (χ2v) is 4.16. The number of nitrogens with zero attached hydrogens (tertiary/aromatic N) is 2. The quantitative estimate of drug-likeness (QED) is 0.836. The van der Waals surface area contributed by atoms with Gasteiger partial charge in [0.05, 0.1) is 6.54 Å². The summed E-state index contributed by atoms with van der Waals surface area (Å²) in [5.41, 5.74) is 1.56. The topological polar surface area (TPSA) is 60.9 Å². The Bertz CT molecular complexity index is 502. The number of hydrogen-bond acceptors (Lipinski definition) is 2. The molecule has 0 unspecified atom stereocenters. The zero-order chi connectivity index (χ0) is 14.4. The average molecular weight is 260 g/mol. The van der Waals surface area contributed by atoms with E-state index in [0.29, 0.717) is 5.69 Å².